The quantitative estimate of drug-likeness (QED) is 0.696. The van der Waals surface area contributed by atoms with E-state index in [2.05, 4.69) is 15.5 Å². The zero-order valence-electron chi connectivity index (χ0n) is 9.09. The number of benzene rings is 1. The molecule has 1 atom stereocenters. The number of rotatable bonds is 0. The summed E-state index contributed by atoms with van der Waals surface area (Å²) in [6.45, 7) is 1.80. The Balaban J connectivity index is 2.12. The van der Waals surface area contributed by atoms with E-state index in [0.29, 0.717) is 12.8 Å². The van der Waals surface area contributed by atoms with E-state index in [1.165, 1.54) is 6.07 Å². The Hall–Kier alpha value is -1.83. The van der Waals surface area contributed by atoms with Crippen molar-refractivity contribution in [1.82, 2.24) is 0 Å². The Morgan fingerprint density at radius 2 is 1.94 bits per heavy atom. The number of halogens is 2. The predicted molar refractivity (Wildman–Crippen MR) is 53.9 cm³/mol. The first-order valence-electron chi connectivity index (χ1n) is 5.28. The number of alkyl halides is 2. The second-order valence-corrected chi connectivity index (χ2v) is 4.57. The van der Waals surface area contributed by atoms with Gasteiger partial charge in [-0.2, -0.15) is 5.26 Å². The lowest BCUT2D eigenvalue weighted by Gasteiger charge is -2.15. The summed E-state index contributed by atoms with van der Waals surface area (Å²) >= 11 is 0. The standard InChI is InChI=1S/C12H9F2NO2/c1-11(6-15)3-2-7-4-9-10(5-8(7)11)17-12(13,14)16-9/h4-5H,2-3H2,1H3/t11-/m1/s1. The third-order valence-electron chi connectivity index (χ3n) is 3.36. The summed E-state index contributed by atoms with van der Waals surface area (Å²) in [7, 11) is 0. The molecule has 3 nitrogen and oxygen atoms in total. The first-order chi connectivity index (χ1) is 7.93. The topological polar surface area (TPSA) is 42.2 Å². The summed E-state index contributed by atoms with van der Waals surface area (Å²) in [6.07, 6.45) is -2.21. The van der Waals surface area contributed by atoms with E-state index in [4.69, 9.17) is 5.26 Å². The lowest BCUT2D eigenvalue weighted by Crippen LogP contribution is -2.26. The second-order valence-electron chi connectivity index (χ2n) is 4.57. The van der Waals surface area contributed by atoms with Crippen LogP contribution in [0.3, 0.4) is 0 Å². The summed E-state index contributed by atoms with van der Waals surface area (Å²) in [5.41, 5.74) is 1.03. The van der Waals surface area contributed by atoms with Crippen LogP contribution in [0.15, 0.2) is 12.1 Å². The van der Waals surface area contributed by atoms with Gasteiger partial charge in [0.25, 0.3) is 0 Å². The average molecular weight is 237 g/mol. The maximum Gasteiger partial charge on any atom is 0.586 e. The van der Waals surface area contributed by atoms with Gasteiger partial charge in [-0.3, -0.25) is 0 Å². The molecule has 0 bridgehead atoms. The van der Waals surface area contributed by atoms with Gasteiger partial charge >= 0.3 is 6.29 Å². The molecule has 0 saturated heterocycles. The number of fused-ring (bicyclic) bond motifs is 2. The lowest BCUT2D eigenvalue weighted by molar-refractivity contribution is -0.286. The Bertz CT molecular complexity index is 550. The molecule has 0 N–H and O–H groups in total. The third-order valence-corrected chi connectivity index (χ3v) is 3.36. The molecule has 0 aromatic heterocycles. The Morgan fingerprint density at radius 1 is 1.29 bits per heavy atom. The monoisotopic (exact) mass is 237 g/mol. The van der Waals surface area contributed by atoms with E-state index < -0.39 is 11.7 Å². The van der Waals surface area contributed by atoms with Gasteiger partial charge in [0.15, 0.2) is 11.5 Å². The van der Waals surface area contributed by atoms with Gasteiger partial charge < -0.3 is 9.47 Å². The SMILES string of the molecule is C[C@]1(C#N)CCc2cc3c(cc21)OC(F)(F)O3. The largest absolute Gasteiger partial charge is 0.586 e. The lowest BCUT2D eigenvalue weighted by atomic mass is 9.86. The molecule has 1 heterocycles. The van der Waals surface area contributed by atoms with E-state index in [1.54, 1.807) is 13.0 Å². The molecule has 1 aromatic carbocycles. The predicted octanol–water partition coefficient (Wildman–Crippen LogP) is 2.74. The summed E-state index contributed by atoms with van der Waals surface area (Å²) in [6, 6.07) is 5.28. The van der Waals surface area contributed by atoms with Gasteiger partial charge in [0.05, 0.1) is 11.5 Å². The van der Waals surface area contributed by atoms with Crippen LogP contribution in [0.1, 0.15) is 24.5 Å². The first-order valence-corrected chi connectivity index (χ1v) is 5.28. The van der Waals surface area contributed by atoms with E-state index in [-0.39, 0.29) is 11.5 Å². The van der Waals surface area contributed by atoms with Crippen molar-refractivity contribution in [1.29, 1.82) is 5.26 Å². The molecular weight excluding hydrogens is 228 g/mol. The first kappa shape index (κ1) is 10.3. The van der Waals surface area contributed by atoms with Crippen molar-refractivity contribution in [2.45, 2.75) is 31.5 Å². The summed E-state index contributed by atoms with van der Waals surface area (Å²) in [5, 5.41) is 9.15. The van der Waals surface area contributed by atoms with E-state index in [9.17, 15) is 8.78 Å². The fraction of sp³-hybridized carbons (Fsp3) is 0.417. The van der Waals surface area contributed by atoms with Gasteiger partial charge in [-0.1, -0.05) is 0 Å². The van der Waals surface area contributed by atoms with Gasteiger partial charge in [-0.25, -0.2) is 0 Å². The smallest absolute Gasteiger partial charge is 0.395 e. The minimum absolute atomic E-state index is 0.0112. The molecule has 17 heavy (non-hydrogen) atoms. The third kappa shape index (κ3) is 1.37. The molecule has 1 aliphatic carbocycles. The normalized spacial score (nSPS) is 27.6. The highest BCUT2D eigenvalue weighted by Crippen LogP contribution is 2.48. The van der Waals surface area contributed by atoms with Crippen LogP contribution in [0.2, 0.25) is 0 Å². The van der Waals surface area contributed by atoms with Crippen molar-refractivity contribution in [2.24, 2.45) is 0 Å². The van der Waals surface area contributed by atoms with Crippen LogP contribution >= 0.6 is 0 Å². The van der Waals surface area contributed by atoms with Crippen LogP contribution < -0.4 is 9.47 Å². The number of aryl methyl sites for hydroxylation is 1. The molecule has 0 saturated carbocycles. The number of hydrogen-bond donors (Lipinski definition) is 0. The van der Waals surface area contributed by atoms with Gasteiger partial charge in [-0.05, 0) is 43.0 Å². The molecule has 0 spiro atoms. The Kier molecular flexibility index (Phi) is 1.76. The molecule has 2 aliphatic rings. The van der Waals surface area contributed by atoms with Crippen LogP contribution in [0.25, 0.3) is 0 Å². The average Bonchev–Trinajstić information content (AvgIpc) is 2.73. The van der Waals surface area contributed by atoms with Crippen molar-refractivity contribution >= 4 is 0 Å². The second kappa shape index (κ2) is 2.89. The molecule has 0 fully saturated rings. The van der Waals surface area contributed by atoms with Crippen molar-refractivity contribution in [3.8, 4) is 17.6 Å². The van der Waals surface area contributed by atoms with Crippen LogP contribution in [0, 0.1) is 11.3 Å². The van der Waals surface area contributed by atoms with Gasteiger partial charge in [0.2, 0.25) is 0 Å². The summed E-state index contributed by atoms with van der Waals surface area (Å²) in [5.74, 6) is 0.0630. The molecular formula is C12H9F2NO2. The van der Waals surface area contributed by atoms with Crippen LogP contribution in [-0.4, -0.2) is 6.29 Å². The van der Waals surface area contributed by atoms with Gasteiger partial charge in [-0.15, -0.1) is 8.78 Å². The molecule has 0 amide bonds. The molecule has 3 rings (SSSR count). The van der Waals surface area contributed by atoms with E-state index in [1.807, 2.05) is 0 Å². The number of hydrogen-bond acceptors (Lipinski definition) is 3. The van der Waals surface area contributed by atoms with Crippen molar-refractivity contribution in [3.63, 3.8) is 0 Å². The molecule has 5 heteroatoms. The summed E-state index contributed by atoms with van der Waals surface area (Å²) < 4.78 is 34.6. The molecule has 1 aliphatic heterocycles. The van der Waals surface area contributed by atoms with Crippen molar-refractivity contribution < 1.29 is 18.3 Å². The highest BCUT2D eigenvalue weighted by molar-refractivity contribution is 5.55. The molecule has 0 radical (unpaired) electrons. The minimum atomic E-state index is -3.60. The van der Waals surface area contributed by atoms with E-state index in [0.717, 1.165) is 11.1 Å². The van der Waals surface area contributed by atoms with Gasteiger partial charge in [0.1, 0.15) is 0 Å². The molecule has 88 valence electrons. The van der Waals surface area contributed by atoms with Gasteiger partial charge in [0, 0.05) is 0 Å². The van der Waals surface area contributed by atoms with Crippen LogP contribution in [0.4, 0.5) is 8.78 Å². The number of nitrogens with zero attached hydrogens (tertiary/aromatic N) is 1. The highest BCUT2D eigenvalue weighted by atomic mass is 19.3. The highest BCUT2D eigenvalue weighted by Gasteiger charge is 2.45. The van der Waals surface area contributed by atoms with Crippen LogP contribution in [0.5, 0.6) is 11.5 Å². The maximum absolute atomic E-state index is 12.9. The zero-order chi connectivity index (χ0) is 12.3. The zero-order valence-corrected chi connectivity index (χ0v) is 9.09. The summed E-state index contributed by atoms with van der Waals surface area (Å²) in [4.78, 5) is 0. The maximum atomic E-state index is 12.9. The van der Waals surface area contributed by atoms with Crippen molar-refractivity contribution in [2.75, 3.05) is 0 Å². The van der Waals surface area contributed by atoms with Crippen LogP contribution in [-0.2, 0) is 11.8 Å². The fourth-order valence-electron chi connectivity index (χ4n) is 2.39. The Morgan fingerprint density at radius 3 is 2.59 bits per heavy atom. The Labute approximate surface area is 96.6 Å². The molecule has 1 aromatic rings. The number of nitriles is 1. The minimum Gasteiger partial charge on any atom is -0.395 e. The molecule has 0 unspecified atom stereocenters. The van der Waals surface area contributed by atoms with E-state index >= 15 is 0 Å². The van der Waals surface area contributed by atoms with Crippen molar-refractivity contribution in [3.05, 3.63) is 23.3 Å². The number of ether oxygens (including phenoxy) is 2. The fourth-order valence-corrected chi connectivity index (χ4v) is 2.39.